The van der Waals surface area contributed by atoms with Gasteiger partial charge in [0.2, 0.25) is 11.8 Å². The van der Waals surface area contributed by atoms with Gasteiger partial charge >= 0.3 is 0 Å². The molecule has 2 amide bonds. The van der Waals surface area contributed by atoms with Gasteiger partial charge in [0.1, 0.15) is 6.61 Å². The van der Waals surface area contributed by atoms with E-state index < -0.39 is 30.0 Å². The largest absolute Gasteiger partial charge is 0.396 e. The first-order chi connectivity index (χ1) is 14.5. The van der Waals surface area contributed by atoms with E-state index in [1.165, 1.54) is 4.90 Å². The minimum atomic E-state index is -1.07. The highest BCUT2D eigenvalue weighted by Gasteiger charge is 2.59. The molecule has 8 heteroatoms. The van der Waals surface area contributed by atoms with Crippen LogP contribution in [0.3, 0.4) is 0 Å². The molecule has 0 aromatic rings. The van der Waals surface area contributed by atoms with Crippen molar-refractivity contribution in [1.29, 1.82) is 0 Å². The van der Waals surface area contributed by atoms with Gasteiger partial charge in [0.15, 0.2) is 0 Å². The molecule has 2 aliphatic heterocycles. The van der Waals surface area contributed by atoms with Crippen molar-refractivity contribution in [1.82, 2.24) is 4.90 Å². The van der Waals surface area contributed by atoms with Crippen molar-refractivity contribution < 1.29 is 29.4 Å². The van der Waals surface area contributed by atoms with Gasteiger partial charge in [-0.2, -0.15) is 0 Å². The lowest BCUT2D eigenvalue weighted by atomic mass is 9.60. The number of hydrogen-bond acceptors (Lipinski definition) is 7. The van der Waals surface area contributed by atoms with Crippen LogP contribution in [0, 0.1) is 36.0 Å². The fraction of sp³-hybridized carbons (Fsp3) is 0.773. The van der Waals surface area contributed by atoms with Crippen LogP contribution in [0.15, 0.2) is 5.16 Å². The Morgan fingerprint density at radius 3 is 2.73 bits per heavy atom. The number of nitrogens with zero attached hydrogens (tertiary/aromatic N) is 2. The van der Waals surface area contributed by atoms with Crippen molar-refractivity contribution in [2.45, 2.75) is 63.3 Å². The fourth-order valence-electron chi connectivity index (χ4n) is 5.58. The number of carbonyl (C=O) groups excluding carboxylic acids is 2. The molecule has 0 unspecified atom stereocenters. The third-order valence-electron chi connectivity index (χ3n) is 7.02. The molecule has 2 saturated carbocycles. The van der Waals surface area contributed by atoms with E-state index in [4.69, 9.17) is 16.0 Å². The van der Waals surface area contributed by atoms with Crippen LogP contribution < -0.4 is 0 Å². The maximum absolute atomic E-state index is 13.3. The number of carbonyl (C=O) groups is 2. The van der Waals surface area contributed by atoms with Crippen LogP contribution in [0.2, 0.25) is 0 Å². The number of amides is 2. The van der Waals surface area contributed by atoms with E-state index in [-0.39, 0.29) is 36.8 Å². The van der Waals surface area contributed by atoms with Gasteiger partial charge in [0.05, 0.1) is 42.4 Å². The molecule has 4 fully saturated rings. The van der Waals surface area contributed by atoms with Gasteiger partial charge in [-0.3, -0.25) is 14.5 Å². The summed E-state index contributed by atoms with van der Waals surface area (Å²) in [4.78, 5) is 33.0. The number of likely N-dealkylation sites (tertiary alicyclic amines) is 1. The number of unbranched alkanes of at least 4 members (excludes halogenated alkanes) is 1. The van der Waals surface area contributed by atoms with Crippen LogP contribution in [0.25, 0.3) is 0 Å². The predicted molar refractivity (Wildman–Crippen MR) is 107 cm³/mol. The average Bonchev–Trinajstić information content (AvgIpc) is 3.34. The maximum Gasteiger partial charge on any atom is 0.233 e. The summed E-state index contributed by atoms with van der Waals surface area (Å²) in [7, 11) is 0. The van der Waals surface area contributed by atoms with Crippen LogP contribution in [-0.4, -0.2) is 70.7 Å². The summed E-state index contributed by atoms with van der Waals surface area (Å²) in [6, 6.07) is 0. The van der Waals surface area contributed by atoms with Crippen molar-refractivity contribution in [3.63, 3.8) is 0 Å². The Morgan fingerprint density at radius 1 is 1.20 bits per heavy atom. The smallest absolute Gasteiger partial charge is 0.233 e. The maximum atomic E-state index is 13.3. The van der Waals surface area contributed by atoms with Crippen molar-refractivity contribution in [2.75, 3.05) is 19.8 Å². The summed E-state index contributed by atoms with van der Waals surface area (Å²) < 4.78 is 5.62. The Labute approximate surface area is 176 Å². The molecule has 4 aliphatic rings. The Hall–Kier alpha value is -1.95. The van der Waals surface area contributed by atoms with Crippen LogP contribution in [-0.2, 0) is 19.2 Å². The fourth-order valence-corrected chi connectivity index (χ4v) is 5.58. The van der Waals surface area contributed by atoms with Gasteiger partial charge in [-0.05, 0) is 32.1 Å². The summed E-state index contributed by atoms with van der Waals surface area (Å²) in [6.07, 6.45) is 7.49. The van der Waals surface area contributed by atoms with Crippen molar-refractivity contribution >= 4 is 17.5 Å². The second-order valence-corrected chi connectivity index (χ2v) is 8.80. The molecule has 8 nitrogen and oxygen atoms in total. The first kappa shape index (κ1) is 21.3. The summed E-state index contributed by atoms with van der Waals surface area (Å²) in [5.41, 5.74) is 0.662. The molecule has 0 aromatic heterocycles. The highest BCUT2D eigenvalue weighted by Crippen LogP contribution is 2.49. The molecule has 4 rings (SSSR count). The molecule has 0 spiro atoms. The summed E-state index contributed by atoms with van der Waals surface area (Å²) in [6.45, 7) is 1.31. The van der Waals surface area contributed by atoms with Gasteiger partial charge < -0.3 is 19.8 Å². The lowest BCUT2D eigenvalue weighted by Gasteiger charge is -2.45. The molecule has 0 bridgehead atoms. The number of fused-ring (bicyclic) bond motifs is 3. The third-order valence-corrected chi connectivity index (χ3v) is 7.02. The predicted octanol–water partition coefficient (Wildman–Crippen LogP) is 0.704. The average molecular weight is 418 g/mol. The summed E-state index contributed by atoms with van der Waals surface area (Å²) >= 11 is 0. The quantitative estimate of drug-likeness (QED) is 0.285. The molecule has 2 N–H and O–H groups in total. The molecule has 0 aromatic carbocycles. The van der Waals surface area contributed by atoms with E-state index in [2.05, 4.69) is 11.1 Å². The van der Waals surface area contributed by atoms with E-state index in [1.54, 1.807) is 0 Å². The molecule has 30 heavy (non-hydrogen) atoms. The van der Waals surface area contributed by atoms with Gasteiger partial charge in [-0.1, -0.05) is 5.16 Å². The number of hydrogen-bond donors (Lipinski definition) is 2. The first-order valence-electron chi connectivity index (χ1n) is 11.0. The Morgan fingerprint density at radius 2 is 2.00 bits per heavy atom. The van der Waals surface area contributed by atoms with Crippen molar-refractivity contribution in [2.24, 2.45) is 28.8 Å². The van der Waals surface area contributed by atoms with Gasteiger partial charge in [-0.15, -0.1) is 12.3 Å². The number of oxime groups is 1. The van der Waals surface area contributed by atoms with E-state index in [0.29, 0.717) is 44.6 Å². The zero-order valence-corrected chi connectivity index (χ0v) is 17.1. The Balaban J connectivity index is 1.52. The van der Waals surface area contributed by atoms with E-state index in [0.717, 1.165) is 12.8 Å². The zero-order valence-electron chi connectivity index (χ0n) is 17.1. The van der Waals surface area contributed by atoms with Gasteiger partial charge in [-0.25, -0.2) is 0 Å². The summed E-state index contributed by atoms with van der Waals surface area (Å²) in [5, 5.41) is 25.5. The summed E-state index contributed by atoms with van der Waals surface area (Å²) in [5.74, 6) is 0.325. The molecule has 0 radical (unpaired) electrons. The van der Waals surface area contributed by atoms with Crippen molar-refractivity contribution in [3.05, 3.63) is 0 Å². The highest BCUT2D eigenvalue weighted by atomic mass is 16.6. The molecule has 164 valence electrons. The third kappa shape index (κ3) is 3.86. The molecule has 7 atom stereocenters. The first-order valence-corrected chi connectivity index (χ1v) is 11.0. The van der Waals surface area contributed by atoms with Crippen LogP contribution in [0.4, 0.5) is 0 Å². The van der Waals surface area contributed by atoms with E-state index >= 15 is 0 Å². The minimum Gasteiger partial charge on any atom is -0.396 e. The van der Waals surface area contributed by atoms with Crippen molar-refractivity contribution in [3.8, 4) is 12.3 Å². The number of terminal acetylenes is 1. The second-order valence-electron chi connectivity index (χ2n) is 8.80. The molecular formula is C22H30N2O6. The molecule has 2 aliphatic carbocycles. The van der Waals surface area contributed by atoms with E-state index in [1.807, 2.05) is 0 Å². The molecule has 2 heterocycles. The van der Waals surface area contributed by atoms with Crippen LogP contribution >= 0.6 is 0 Å². The highest BCUT2D eigenvalue weighted by molar-refractivity contribution is 6.06. The number of aliphatic hydroxyl groups excluding tert-OH is 2. The lowest BCUT2D eigenvalue weighted by molar-refractivity contribution is -0.143. The lowest BCUT2D eigenvalue weighted by Crippen LogP contribution is -2.54. The number of rotatable bonds is 6. The standard InChI is InChI=1S/C22H30N2O6/c1-2-3-4-10-30-23-16-11-17(25)20(26)18-14(16)7-8-15-19(18)22(28)24(21(15)27)12-13-6-5-9-29-13/h1,13-15,17-20,25-26H,3-12H2/t13-,14-,15+,17+,18-,19+,20+/m0/s1. The topological polar surface area (TPSA) is 109 Å². The second kappa shape index (κ2) is 9.04. The minimum absolute atomic E-state index is 0.107. The van der Waals surface area contributed by atoms with Gasteiger partial charge in [0, 0.05) is 31.3 Å². The monoisotopic (exact) mass is 418 g/mol. The number of ether oxygens (including phenoxy) is 1. The van der Waals surface area contributed by atoms with Crippen LogP contribution in [0.5, 0.6) is 0 Å². The van der Waals surface area contributed by atoms with Crippen LogP contribution in [0.1, 0.15) is 44.9 Å². The van der Waals surface area contributed by atoms with Gasteiger partial charge in [0.25, 0.3) is 0 Å². The Kier molecular flexibility index (Phi) is 6.42. The molecular weight excluding hydrogens is 388 g/mol. The Bertz CT molecular complexity index is 740. The zero-order chi connectivity index (χ0) is 21.3. The number of imide groups is 1. The number of aliphatic hydroxyl groups is 2. The SMILES string of the molecule is C#CCCCON=C1C[C@@H](O)[C@@H](O)[C@@H]2[C@@H]3C(=O)N(C[C@@H]4CCCO4)C(=O)[C@@H]3CC[C@@H]12. The normalized spacial score (nSPS) is 39.7. The molecule has 2 saturated heterocycles. The van der Waals surface area contributed by atoms with E-state index in [9.17, 15) is 19.8 Å².